The predicted molar refractivity (Wildman–Crippen MR) is 99.4 cm³/mol. The highest BCUT2D eigenvalue weighted by atomic mass is 19.3. The first-order chi connectivity index (χ1) is 12.3. The number of nitrogens with zero attached hydrogens (tertiary/aromatic N) is 1. The van der Waals surface area contributed by atoms with Crippen LogP contribution in [0.5, 0.6) is 0 Å². The van der Waals surface area contributed by atoms with Crippen molar-refractivity contribution in [1.82, 2.24) is 10.3 Å². The van der Waals surface area contributed by atoms with E-state index >= 15 is 0 Å². The molecule has 1 amide bonds. The number of halogens is 2. The maximum Gasteiger partial charge on any atom is 0.270 e. The molecular weight excluding hydrogens is 334 g/mol. The zero-order valence-electron chi connectivity index (χ0n) is 15.6. The Bertz CT molecular complexity index is 722. The van der Waals surface area contributed by atoms with Crippen molar-refractivity contribution in [2.45, 2.75) is 46.0 Å². The van der Waals surface area contributed by atoms with E-state index in [1.54, 1.807) is 24.4 Å². The van der Waals surface area contributed by atoms with Gasteiger partial charge in [0.25, 0.3) is 11.8 Å². The fourth-order valence-corrected chi connectivity index (χ4v) is 2.59. The molecule has 0 bridgehead atoms. The van der Waals surface area contributed by atoms with Crippen LogP contribution in [-0.2, 0) is 18.8 Å². The number of carbonyl (C=O) groups excluding carboxylic acids is 1. The minimum absolute atomic E-state index is 0.0495. The van der Waals surface area contributed by atoms with Crippen LogP contribution in [0.15, 0.2) is 42.6 Å². The van der Waals surface area contributed by atoms with Gasteiger partial charge in [0.2, 0.25) is 0 Å². The average molecular weight is 360 g/mol. The molecule has 0 aliphatic heterocycles. The number of nitrogens with one attached hydrogen (secondary N) is 1. The second-order valence-corrected chi connectivity index (χ2v) is 7.10. The minimum atomic E-state index is -2.81. The van der Waals surface area contributed by atoms with Crippen molar-refractivity contribution < 1.29 is 13.6 Å². The largest absolute Gasteiger partial charge is 0.350 e. The summed E-state index contributed by atoms with van der Waals surface area (Å²) in [6.45, 7) is 5.61. The van der Waals surface area contributed by atoms with Gasteiger partial charge in [-0.25, -0.2) is 8.78 Å². The SMILES string of the molecule is CC(C)CNC(=O)c1ccc(CCCc2cccc(C(C)(F)F)c2)cn1. The van der Waals surface area contributed by atoms with Gasteiger partial charge in [0.05, 0.1) is 0 Å². The molecule has 1 N–H and O–H groups in total. The number of rotatable bonds is 8. The van der Waals surface area contributed by atoms with E-state index in [0.29, 0.717) is 18.2 Å². The number of alkyl halides is 2. The fourth-order valence-electron chi connectivity index (χ4n) is 2.59. The van der Waals surface area contributed by atoms with Crippen molar-refractivity contribution in [3.63, 3.8) is 0 Å². The van der Waals surface area contributed by atoms with Gasteiger partial charge in [0.15, 0.2) is 0 Å². The maximum atomic E-state index is 13.4. The minimum Gasteiger partial charge on any atom is -0.350 e. The van der Waals surface area contributed by atoms with Crippen LogP contribution in [0.25, 0.3) is 0 Å². The van der Waals surface area contributed by atoms with Crippen molar-refractivity contribution in [3.05, 3.63) is 65.0 Å². The molecule has 26 heavy (non-hydrogen) atoms. The van der Waals surface area contributed by atoms with Crippen LogP contribution >= 0.6 is 0 Å². The molecule has 2 aromatic rings. The highest BCUT2D eigenvalue weighted by Crippen LogP contribution is 2.27. The number of aromatic nitrogens is 1. The summed E-state index contributed by atoms with van der Waals surface area (Å²) in [6.07, 6.45) is 4.05. The molecule has 0 fully saturated rings. The lowest BCUT2D eigenvalue weighted by atomic mass is 10.0. The van der Waals surface area contributed by atoms with E-state index in [0.717, 1.165) is 37.3 Å². The van der Waals surface area contributed by atoms with E-state index in [1.165, 1.54) is 6.07 Å². The zero-order chi connectivity index (χ0) is 19.2. The molecule has 0 saturated heterocycles. The first-order valence-electron chi connectivity index (χ1n) is 8.96. The summed E-state index contributed by atoms with van der Waals surface area (Å²) in [5, 5.41) is 2.84. The van der Waals surface area contributed by atoms with Gasteiger partial charge in [-0.1, -0.05) is 38.1 Å². The van der Waals surface area contributed by atoms with Crippen molar-refractivity contribution in [1.29, 1.82) is 0 Å². The van der Waals surface area contributed by atoms with E-state index in [1.807, 2.05) is 26.0 Å². The third kappa shape index (κ3) is 6.21. The summed E-state index contributed by atoms with van der Waals surface area (Å²) in [4.78, 5) is 16.2. The number of carbonyl (C=O) groups is 1. The topological polar surface area (TPSA) is 42.0 Å². The predicted octanol–water partition coefficient (Wildman–Crippen LogP) is 4.75. The summed E-state index contributed by atoms with van der Waals surface area (Å²) < 4.78 is 26.8. The van der Waals surface area contributed by atoms with E-state index in [4.69, 9.17) is 0 Å². The van der Waals surface area contributed by atoms with Gasteiger partial charge in [0, 0.05) is 25.2 Å². The third-order valence-corrected chi connectivity index (χ3v) is 4.09. The molecule has 1 aromatic heterocycles. The van der Waals surface area contributed by atoms with E-state index in [-0.39, 0.29) is 11.5 Å². The van der Waals surface area contributed by atoms with Crippen molar-refractivity contribution in [2.24, 2.45) is 5.92 Å². The molecular formula is C21H26F2N2O. The normalized spacial score (nSPS) is 11.6. The Morgan fingerprint density at radius 1 is 1.15 bits per heavy atom. The van der Waals surface area contributed by atoms with E-state index < -0.39 is 5.92 Å². The van der Waals surface area contributed by atoms with Gasteiger partial charge in [-0.15, -0.1) is 0 Å². The summed E-state index contributed by atoms with van der Waals surface area (Å²) in [5.74, 6) is -2.58. The Kier molecular flexibility index (Phi) is 6.83. The smallest absolute Gasteiger partial charge is 0.270 e. The Hall–Kier alpha value is -2.30. The zero-order valence-corrected chi connectivity index (χ0v) is 15.6. The van der Waals surface area contributed by atoms with Crippen molar-refractivity contribution in [2.75, 3.05) is 6.54 Å². The number of aryl methyl sites for hydroxylation is 2. The molecule has 140 valence electrons. The molecule has 0 radical (unpaired) electrons. The van der Waals surface area contributed by atoms with Gasteiger partial charge >= 0.3 is 0 Å². The van der Waals surface area contributed by atoms with Crippen LogP contribution in [0.4, 0.5) is 8.78 Å². The first kappa shape index (κ1) is 20.0. The summed E-state index contributed by atoms with van der Waals surface area (Å²) in [5.41, 5.74) is 2.39. The highest BCUT2D eigenvalue weighted by molar-refractivity contribution is 5.92. The molecule has 0 aliphatic carbocycles. The second kappa shape index (κ2) is 8.88. The monoisotopic (exact) mass is 360 g/mol. The van der Waals surface area contributed by atoms with Crippen LogP contribution in [0.3, 0.4) is 0 Å². The van der Waals surface area contributed by atoms with Gasteiger partial charge in [-0.3, -0.25) is 9.78 Å². The Labute approximate surface area is 153 Å². The van der Waals surface area contributed by atoms with Crippen molar-refractivity contribution in [3.8, 4) is 0 Å². The van der Waals surface area contributed by atoms with Gasteiger partial charge in [-0.05, 0) is 48.4 Å². The third-order valence-electron chi connectivity index (χ3n) is 4.09. The number of amides is 1. The average Bonchev–Trinajstić information content (AvgIpc) is 2.60. The summed E-state index contributed by atoms with van der Waals surface area (Å²) in [7, 11) is 0. The molecule has 5 heteroatoms. The molecule has 1 heterocycles. The molecule has 0 atom stereocenters. The maximum absolute atomic E-state index is 13.4. The van der Waals surface area contributed by atoms with Gasteiger partial charge in [-0.2, -0.15) is 0 Å². The molecule has 3 nitrogen and oxygen atoms in total. The Morgan fingerprint density at radius 3 is 2.50 bits per heavy atom. The summed E-state index contributed by atoms with van der Waals surface area (Å²) in [6, 6.07) is 10.2. The number of benzene rings is 1. The first-order valence-corrected chi connectivity index (χ1v) is 8.96. The second-order valence-electron chi connectivity index (χ2n) is 7.10. The van der Waals surface area contributed by atoms with Crippen LogP contribution in [-0.4, -0.2) is 17.4 Å². The fraction of sp³-hybridized carbons (Fsp3) is 0.429. The lowest BCUT2D eigenvalue weighted by Gasteiger charge is -2.12. The molecule has 0 unspecified atom stereocenters. The number of pyridine rings is 1. The molecule has 0 spiro atoms. The van der Waals surface area contributed by atoms with Crippen LogP contribution in [0, 0.1) is 5.92 Å². The number of hydrogen-bond acceptors (Lipinski definition) is 2. The lowest BCUT2D eigenvalue weighted by molar-refractivity contribution is 0.0174. The Balaban J connectivity index is 1.86. The molecule has 0 aliphatic rings. The lowest BCUT2D eigenvalue weighted by Crippen LogP contribution is -2.28. The van der Waals surface area contributed by atoms with Crippen LogP contribution in [0.1, 0.15) is 54.4 Å². The Morgan fingerprint density at radius 2 is 1.88 bits per heavy atom. The quantitative estimate of drug-likeness (QED) is 0.738. The van der Waals surface area contributed by atoms with Gasteiger partial charge in [0.1, 0.15) is 5.69 Å². The molecule has 2 rings (SSSR count). The molecule has 0 saturated carbocycles. The number of hydrogen-bond donors (Lipinski definition) is 1. The summed E-state index contributed by atoms with van der Waals surface area (Å²) >= 11 is 0. The van der Waals surface area contributed by atoms with Crippen molar-refractivity contribution >= 4 is 5.91 Å². The van der Waals surface area contributed by atoms with Gasteiger partial charge < -0.3 is 5.32 Å². The van der Waals surface area contributed by atoms with E-state index in [9.17, 15) is 13.6 Å². The molecule has 1 aromatic carbocycles. The standard InChI is InChI=1S/C21H26F2N2O/c1-15(2)13-25-20(26)19-11-10-17(14-24-19)8-4-6-16-7-5-9-18(12-16)21(3,22)23/h5,7,9-12,14-15H,4,6,8,13H2,1-3H3,(H,25,26). The van der Waals surface area contributed by atoms with E-state index in [2.05, 4.69) is 10.3 Å². The highest BCUT2D eigenvalue weighted by Gasteiger charge is 2.23. The van der Waals surface area contributed by atoms with Crippen LogP contribution in [0.2, 0.25) is 0 Å². The van der Waals surface area contributed by atoms with Crippen LogP contribution < -0.4 is 5.32 Å².